The molecule has 0 radical (unpaired) electrons. The van der Waals surface area contributed by atoms with E-state index < -0.39 is 12.2 Å². The third-order valence-electron chi connectivity index (χ3n) is 2.87. The number of aliphatic hydroxyl groups excluding tert-OH is 1. The normalized spacial score (nSPS) is 16.8. The minimum absolute atomic E-state index is 0.141. The molecule has 1 aliphatic rings. The van der Waals surface area contributed by atoms with E-state index in [1.165, 1.54) is 21.3 Å². The number of anilines is 1. The lowest BCUT2D eigenvalue weighted by Gasteiger charge is -2.24. The summed E-state index contributed by atoms with van der Waals surface area (Å²) in [6, 6.07) is 3.41. The molecular formula is C13H15NO5. The molecular weight excluding hydrogens is 250 g/mol. The summed E-state index contributed by atoms with van der Waals surface area (Å²) >= 11 is 0. The monoisotopic (exact) mass is 265 g/mol. The molecule has 2 rings (SSSR count). The highest BCUT2D eigenvalue weighted by molar-refractivity contribution is 5.98. The lowest BCUT2D eigenvalue weighted by molar-refractivity contribution is -0.136. The van der Waals surface area contributed by atoms with Crippen LogP contribution in [0.3, 0.4) is 0 Å². The van der Waals surface area contributed by atoms with E-state index in [1.54, 1.807) is 18.2 Å². The van der Waals surface area contributed by atoms with E-state index in [0.29, 0.717) is 22.7 Å². The topological polar surface area (TPSA) is 77.0 Å². The van der Waals surface area contributed by atoms with E-state index in [-0.39, 0.29) is 5.57 Å². The summed E-state index contributed by atoms with van der Waals surface area (Å²) in [5.41, 5.74) is 1.50. The van der Waals surface area contributed by atoms with Crippen LogP contribution in [0.4, 0.5) is 5.69 Å². The molecule has 0 saturated carbocycles. The number of rotatable bonds is 3. The van der Waals surface area contributed by atoms with Gasteiger partial charge in [0.1, 0.15) is 0 Å². The fourth-order valence-electron chi connectivity index (χ4n) is 1.90. The number of ether oxygens (including phenoxy) is 3. The first kappa shape index (κ1) is 13.2. The summed E-state index contributed by atoms with van der Waals surface area (Å²) in [6.07, 6.45) is 0.447. The van der Waals surface area contributed by atoms with E-state index in [9.17, 15) is 9.90 Å². The average Bonchev–Trinajstić information content (AvgIpc) is 2.44. The summed E-state index contributed by atoms with van der Waals surface area (Å²) in [5, 5.41) is 12.7. The second kappa shape index (κ2) is 5.19. The van der Waals surface area contributed by atoms with Crippen LogP contribution in [0.2, 0.25) is 0 Å². The molecule has 1 aromatic rings. The summed E-state index contributed by atoms with van der Waals surface area (Å²) in [6.45, 7) is 0. The Labute approximate surface area is 110 Å². The molecule has 19 heavy (non-hydrogen) atoms. The quantitative estimate of drug-likeness (QED) is 0.794. The van der Waals surface area contributed by atoms with E-state index in [2.05, 4.69) is 10.1 Å². The number of methoxy groups -OCH3 is 3. The van der Waals surface area contributed by atoms with E-state index in [1.807, 2.05) is 0 Å². The van der Waals surface area contributed by atoms with Gasteiger partial charge in [-0.05, 0) is 12.1 Å². The van der Waals surface area contributed by atoms with Crippen molar-refractivity contribution in [2.24, 2.45) is 0 Å². The van der Waals surface area contributed by atoms with Crippen molar-refractivity contribution in [3.8, 4) is 11.5 Å². The van der Waals surface area contributed by atoms with Gasteiger partial charge in [0.15, 0.2) is 17.7 Å². The second-order valence-corrected chi connectivity index (χ2v) is 3.93. The minimum atomic E-state index is -1.11. The molecule has 1 aliphatic heterocycles. The number of aliphatic hydroxyl groups is 1. The van der Waals surface area contributed by atoms with Gasteiger partial charge in [-0.3, -0.25) is 0 Å². The molecule has 0 aliphatic carbocycles. The molecule has 0 saturated heterocycles. The Balaban J connectivity index is 2.50. The third kappa shape index (κ3) is 2.34. The van der Waals surface area contributed by atoms with Gasteiger partial charge in [-0.2, -0.15) is 0 Å². The zero-order valence-corrected chi connectivity index (χ0v) is 10.9. The van der Waals surface area contributed by atoms with Crippen LogP contribution in [0.25, 0.3) is 6.08 Å². The molecule has 6 heteroatoms. The van der Waals surface area contributed by atoms with Crippen LogP contribution in [-0.4, -0.2) is 38.6 Å². The van der Waals surface area contributed by atoms with Gasteiger partial charge < -0.3 is 24.6 Å². The Morgan fingerprint density at radius 2 is 1.84 bits per heavy atom. The Morgan fingerprint density at radius 1 is 1.21 bits per heavy atom. The largest absolute Gasteiger partial charge is 0.493 e. The number of carbonyl (C=O) groups is 1. The number of benzene rings is 1. The lowest BCUT2D eigenvalue weighted by Crippen LogP contribution is -2.29. The highest BCUT2D eigenvalue weighted by atomic mass is 16.5. The average molecular weight is 265 g/mol. The van der Waals surface area contributed by atoms with Gasteiger partial charge in [0.25, 0.3) is 0 Å². The Bertz CT molecular complexity index is 538. The van der Waals surface area contributed by atoms with Gasteiger partial charge in [-0.15, -0.1) is 0 Å². The predicted octanol–water partition coefficient (Wildman–Crippen LogP) is 1.00. The standard InChI is InChI=1S/C13H15NO5/c1-17-10-5-7-4-8(13(16)19-3)12(15)14-9(7)6-11(10)18-2/h4-6,12,14-15H,1-3H3. The zero-order valence-electron chi connectivity index (χ0n) is 10.9. The van der Waals surface area contributed by atoms with E-state index >= 15 is 0 Å². The molecule has 6 nitrogen and oxygen atoms in total. The van der Waals surface area contributed by atoms with E-state index in [4.69, 9.17) is 9.47 Å². The van der Waals surface area contributed by atoms with Crippen LogP contribution in [0.5, 0.6) is 11.5 Å². The maximum atomic E-state index is 11.5. The smallest absolute Gasteiger partial charge is 0.338 e. The van der Waals surface area contributed by atoms with Crippen molar-refractivity contribution < 1.29 is 24.1 Å². The molecule has 0 fully saturated rings. The van der Waals surface area contributed by atoms with Crippen molar-refractivity contribution in [1.82, 2.24) is 0 Å². The number of esters is 1. The van der Waals surface area contributed by atoms with Crippen LogP contribution in [-0.2, 0) is 9.53 Å². The van der Waals surface area contributed by atoms with E-state index in [0.717, 1.165) is 0 Å². The first-order chi connectivity index (χ1) is 9.10. The maximum Gasteiger partial charge on any atom is 0.338 e. The van der Waals surface area contributed by atoms with Crippen molar-refractivity contribution in [1.29, 1.82) is 0 Å². The van der Waals surface area contributed by atoms with Gasteiger partial charge in [0, 0.05) is 17.3 Å². The third-order valence-corrected chi connectivity index (χ3v) is 2.87. The van der Waals surface area contributed by atoms with Crippen LogP contribution >= 0.6 is 0 Å². The predicted molar refractivity (Wildman–Crippen MR) is 69.2 cm³/mol. The van der Waals surface area contributed by atoms with Crippen molar-refractivity contribution in [2.45, 2.75) is 6.23 Å². The summed E-state index contributed by atoms with van der Waals surface area (Å²) in [7, 11) is 4.32. The van der Waals surface area contributed by atoms with Crippen molar-refractivity contribution in [3.63, 3.8) is 0 Å². The molecule has 1 aromatic carbocycles. The highest BCUT2D eigenvalue weighted by Crippen LogP contribution is 2.37. The second-order valence-electron chi connectivity index (χ2n) is 3.93. The number of fused-ring (bicyclic) bond motifs is 1. The van der Waals surface area contributed by atoms with Crippen molar-refractivity contribution >= 4 is 17.7 Å². The zero-order chi connectivity index (χ0) is 14.0. The summed E-state index contributed by atoms with van der Waals surface area (Å²) in [5.74, 6) is 0.496. The van der Waals surface area contributed by atoms with Crippen LogP contribution in [0.15, 0.2) is 17.7 Å². The van der Waals surface area contributed by atoms with Crippen LogP contribution in [0, 0.1) is 0 Å². The molecule has 0 bridgehead atoms. The number of hydrogen-bond acceptors (Lipinski definition) is 6. The van der Waals surface area contributed by atoms with Gasteiger partial charge in [0.2, 0.25) is 0 Å². The summed E-state index contributed by atoms with van der Waals surface area (Å²) in [4.78, 5) is 11.5. The van der Waals surface area contributed by atoms with Crippen molar-refractivity contribution in [3.05, 3.63) is 23.3 Å². The van der Waals surface area contributed by atoms with Gasteiger partial charge in [-0.1, -0.05) is 0 Å². The fourth-order valence-corrected chi connectivity index (χ4v) is 1.90. The molecule has 1 atom stereocenters. The summed E-state index contributed by atoms with van der Waals surface area (Å²) < 4.78 is 15.0. The molecule has 0 spiro atoms. The minimum Gasteiger partial charge on any atom is -0.493 e. The van der Waals surface area contributed by atoms with Crippen LogP contribution in [0.1, 0.15) is 5.56 Å². The number of nitrogens with one attached hydrogen (secondary N) is 1. The Kier molecular flexibility index (Phi) is 3.62. The number of carbonyl (C=O) groups excluding carboxylic acids is 1. The first-order valence-corrected chi connectivity index (χ1v) is 5.61. The first-order valence-electron chi connectivity index (χ1n) is 5.61. The fraction of sp³-hybridized carbons (Fsp3) is 0.308. The molecule has 2 N–H and O–H groups in total. The number of hydrogen-bond donors (Lipinski definition) is 2. The molecule has 0 aromatic heterocycles. The molecule has 102 valence electrons. The SMILES string of the molecule is COC(=O)C1=Cc2cc(OC)c(OC)cc2NC1O. The lowest BCUT2D eigenvalue weighted by atomic mass is 10.0. The molecule has 0 amide bonds. The maximum absolute atomic E-state index is 11.5. The molecule has 1 heterocycles. The van der Waals surface area contributed by atoms with Gasteiger partial charge in [-0.25, -0.2) is 4.79 Å². The van der Waals surface area contributed by atoms with Gasteiger partial charge in [0.05, 0.1) is 26.9 Å². The Morgan fingerprint density at radius 3 is 2.42 bits per heavy atom. The van der Waals surface area contributed by atoms with Crippen LogP contribution < -0.4 is 14.8 Å². The Hall–Kier alpha value is -2.21. The molecule has 1 unspecified atom stereocenters. The van der Waals surface area contributed by atoms with Crippen molar-refractivity contribution in [2.75, 3.05) is 26.6 Å². The van der Waals surface area contributed by atoms with Gasteiger partial charge >= 0.3 is 5.97 Å². The highest BCUT2D eigenvalue weighted by Gasteiger charge is 2.25.